The molecule has 4 nitrogen and oxygen atoms in total. The van der Waals surface area contributed by atoms with Crippen LogP contribution in [0.5, 0.6) is 0 Å². The van der Waals surface area contributed by atoms with Crippen LogP contribution in [-0.4, -0.2) is 22.8 Å². The molecule has 0 aromatic carbocycles. The lowest BCUT2D eigenvalue weighted by molar-refractivity contribution is 0.179. The first-order valence-electron chi connectivity index (χ1n) is 7.69. The lowest BCUT2D eigenvalue weighted by atomic mass is 9.96. The molecule has 2 aliphatic carbocycles. The van der Waals surface area contributed by atoms with Crippen LogP contribution in [0.15, 0.2) is 12.5 Å². The van der Waals surface area contributed by atoms with Gasteiger partial charge in [-0.15, -0.1) is 0 Å². The topological polar surface area (TPSA) is 53.1 Å². The van der Waals surface area contributed by atoms with Crippen LogP contribution in [0.4, 0.5) is 0 Å². The molecule has 0 amide bonds. The van der Waals surface area contributed by atoms with Crippen molar-refractivity contribution in [3.05, 3.63) is 18.2 Å². The molecule has 2 atom stereocenters. The first-order chi connectivity index (χ1) is 9.34. The lowest BCUT2D eigenvalue weighted by Gasteiger charge is -2.25. The molecule has 1 aliphatic heterocycles. The van der Waals surface area contributed by atoms with E-state index in [2.05, 4.69) is 9.55 Å². The number of nitrogens with two attached hydrogens (primary N) is 1. The molecule has 0 radical (unpaired) electrons. The van der Waals surface area contributed by atoms with Crippen LogP contribution in [0.1, 0.15) is 49.9 Å². The highest BCUT2D eigenvalue weighted by Gasteiger charge is 2.43. The third kappa shape index (κ3) is 2.21. The van der Waals surface area contributed by atoms with Crippen LogP contribution in [0.3, 0.4) is 0 Å². The Bertz CT molecular complexity index is 432. The average Bonchev–Trinajstić information content (AvgIpc) is 3.32. The fourth-order valence-corrected chi connectivity index (χ4v) is 3.61. The average molecular weight is 261 g/mol. The normalized spacial score (nSPS) is 29.1. The molecule has 3 aliphatic rings. The maximum absolute atomic E-state index is 6.48. The smallest absolute Gasteiger partial charge is 0.0951 e. The number of hydrogen-bond acceptors (Lipinski definition) is 3. The second-order valence-electron chi connectivity index (χ2n) is 6.54. The van der Waals surface area contributed by atoms with Crippen LogP contribution in [0.2, 0.25) is 0 Å². The first-order valence-corrected chi connectivity index (χ1v) is 7.69. The van der Waals surface area contributed by atoms with Gasteiger partial charge >= 0.3 is 0 Å². The maximum atomic E-state index is 6.48. The summed E-state index contributed by atoms with van der Waals surface area (Å²) >= 11 is 0. The molecule has 4 rings (SSSR count). The minimum Gasteiger partial charge on any atom is -0.381 e. The van der Waals surface area contributed by atoms with E-state index in [9.17, 15) is 0 Å². The molecule has 0 bridgehead atoms. The fraction of sp³-hybridized carbons (Fsp3) is 0.800. The number of aromatic nitrogens is 2. The van der Waals surface area contributed by atoms with E-state index in [0.717, 1.165) is 31.5 Å². The zero-order valence-electron chi connectivity index (χ0n) is 11.4. The quantitative estimate of drug-likeness (QED) is 0.884. The van der Waals surface area contributed by atoms with E-state index < -0.39 is 0 Å². The summed E-state index contributed by atoms with van der Waals surface area (Å²) in [5.74, 6) is 2.23. The van der Waals surface area contributed by atoms with Gasteiger partial charge < -0.3 is 15.0 Å². The Hall–Kier alpha value is -0.870. The summed E-state index contributed by atoms with van der Waals surface area (Å²) in [5, 5.41) is 0. The van der Waals surface area contributed by atoms with Crippen molar-refractivity contribution < 1.29 is 4.74 Å². The van der Waals surface area contributed by atoms with E-state index >= 15 is 0 Å². The number of hydrogen-bond donors (Lipinski definition) is 1. The minimum atomic E-state index is 0.0880. The first kappa shape index (κ1) is 11.9. The van der Waals surface area contributed by atoms with Gasteiger partial charge in [-0.3, -0.25) is 0 Å². The molecule has 4 heteroatoms. The second kappa shape index (κ2) is 4.60. The van der Waals surface area contributed by atoms with Gasteiger partial charge in [0.25, 0.3) is 0 Å². The Balaban J connectivity index is 1.60. The van der Waals surface area contributed by atoms with E-state index in [1.807, 2.05) is 12.5 Å². The molecule has 2 heterocycles. The Kier molecular flexibility index (Phi) is 2.88. The molecule has 1 saturated heterocycles. The molecule has 2 saturated carbocycles. The van der Waals surface area contributed by atoms with Crippen molar-refractivity contribution in [2.24, 2.45) is 23.5 Å². The van der Waals surface area contributed by atoms with Crippen molar-refractivity contribution >= 4 is 0 Å². The van der Waals surface area contributed by atoms with Gasteiger partial charge in [0.15, 0.2) is 0 Å². The van der Waals surface area contributed by atoms with Crippen molar-refractivity contribution in [1.82, 2.24) is 9.55 Å². The van der Waals surface area contributed by atoms with E-state index in [4.69, 9.17) is 10.5 Å². The van der Waals surface area contributed by atoms with Gasteiger partial charge in [-0.1, -0.05) is 0 Å². The van der Waals surface area contributed by atoms with Gasteiger partial charge in [0.2, 0.25) is 0 Å². The molecular weight excluding hydrogens is 238 g/mol. The van der Waals surface area contributed by atoms with E-state index in [1.54, 1.807) is 0 Å². The molecule has 104 valence electrons. The summed E-state index contributed by atoms with van der Waals surface area (Å²) in [6.45, 7) is 1.67. The Morgan fingerprint density at radius 2 is 1.89 bits per heavy atom. The molecule has 19 heavy (non-hydrogen) atoms. The molecule has 3 fully saturated rings. The summed E-state index contributed by atoms with van der Waals surface area (Å²) in [5.41, 5.74) is 7.72. The van der Waals surface area contributed by atoms with Crippen LogP contribution in [-0.2, 0) is 4.74 Å². The van der Waals surface area contributed by atoms with E-state index in [1.165, 1.54) is 31.4 Å². The predicted octanol–water partition coefficient (Wildman–Crippen LogP) is 2.28. The standard InChI is InChI=1S/C15H23N3O/c16-14(12-5-6-19-8-12)13-7-17-9-18(13)15(10-1-2-10)11-3-4-11/h7,9-12,14-15H,1-6,8,16H2. The van der Waals surface area contributed by atoms with Gasteiger partial charge in [0.05, 0.1) is 24.7 Å². The van der Waals surface area contributed by atoms with Crippen LogP contribution in [0.25, 0.3) is 0 Å². The highest BCUT2D eigenvalue weighted by Crippen LogP contribution is 2.52. The summed E-state index contributed by atoms with van der Waals surface area (Å²) in [6.07, 6.45) is 10.7. The summed E-state index contributed by atoms with van der Waals surface area (Å²) in [6, 6.07) is 0.760. The van der Waals surface area contributed by atoms with E-state index in [0.29, 0.717) is 12.0 Å². The van der Waals surface area contributed by atoms with Gasteiger partial charge in [-0.25, -0.2) is 4.98 Å². The third-order valence-electron chi connectivity index (χ3n) is 5.04. The van der Waals surface area contributed by atoms with Crippen molar-refractivity contribution in [3.8, 4) is 0 Å². The zero-order valence-corrected chi connectivity index (χ0v) is 11.4. The summed E-state index contributed by atoms with van der Waals surface area (Å²) in [7, 11) is 0. The highest BCUT2D eigenvalue weighted by molar-refractivity contribution is 5.11. The Labute approximate surface area is 114 Å². The molecule has 1 aromatic rings. The lowest BCUT2D eigenvalue weighted by Crippen LogP contribution is -2.26. The monoisotopic (exact) mass is 261 g/mol. The number of rotatable bonds is 5. The number of nitrogens with zero attached hydrogens (tertiary/aromatic N) is 2. The molecule has 2 unspecified atom stereocenters. The van der Waals surface area contributed by atoms with Crippen molar-refractivity contribution in [3.63, 3.8) is 0 Å². The number of ether oxygens (including phenoxy) is 1. The van der Waals surface area contributed by atoms with Crippen molar-refractivity contribution in [2.45, 2.75) is 44.2 Å². The molecule has 0 spiro atoms. The maximum Gasteiger partial charge on any atom is 0.0951 e. The van der Waals surface area contributed by atoms with E-state index in [-0.39, 0.29) is 6.04 Å². The SMILES string of the molecule is NC(c1cncn1C(C1CC1)C1CC1)C1CCOC1. The third-order valence-corrected chi connectivity index (χ3v) is 5.04. The fourth-order valence-electron chi connectivity index (χ4n) is 3.61. The van der Waals surface area contributed by atoms with Gasteiger partial charge in [0, 0.05) is 24.8 Å². The molecular formula is C15H23N3O. The van der Waals surface area contributed by atoms with Crippen molar-refractivity contribution in [1.29, 1.82) is 0 Å². The number of imidazole rings is 1. The van der Waals surface area contributed by atoms with Crippen LogP contribution < -0.4 is 5.73 Å². The largest absolute Gasteiger partial charge is 0.381 e. The van der Waals surface area contributed by atoms with Crippen LogP contribution >= 0.6 is 0 Å². The summed E-state index contributed by atoms with van der Waals surface area (Å²) in [4.78, 5) is 4.40. The molecule has 2 N–H and O–H groups in total. The Morgan fingerprint density at radius 3 is 2.47 bits per heavy atom. The van der Waals surface area contributed by atoms with Gasteiger partial charge in [-0.2, -0.15) is 0 Å². The highest BCUT2D eigenvalue weighted by atomic mass is 16.5. The zero-order chi connectivity index (χ0) is 12.8. The second-order valence-corrected chi connectivity index (χ2v) is 6.54. The molecule has 1 aromatic heterocycles. The Morgan fingerprint density at radius 1 is 1.16 bits per heavy atom. The van der Waals surface area contributed by atoms with Gasteiger partial charge in [0.1, 0.15) is 0 Å². The minimum absolute atomic E-state index is 0.0880. The van der Waals surface area contributed by atoms with Crippen LogP contribution in [0, 0.1) is 17.8 Å². The van der Waals surface area contributed by atoms with Gasteiger partial charge in [-0.05, 0) is 43.9 Å². The summed E-state index contributed by atoms with van der Waals surface area (Å²) < 4.78 is 7.90. The predicted molar refractivity (Wildman–Crippen MR) is 72.6 cm³/mol. The van der Waals surface area contributed by atoms with Crippen molar-refractivity contribution in [2.75, 3.05) is 13.2 Å².